The van der Waals surface area contributed by atoms with Crippen LogP contribution >= 0.6 is 11.8 Å². The van der Waals surface area contributed by atoms with Gasteiger partial charge in [0, 0.05) is 17.8 Å². The van der Waals surface area contributed by atoms with E-state index in [0.29, 0.717) is 29.1 Å². The van der Waals surface area contributed by atoms with E-state index in [4.69, 9.17) is 0 Å². The van der Waals surface area contributed by atoms with Crippen molar-refractivity contribution < 1.29 is 14.0 Å². The Morgan fingerprint density at radius 1 is 1.32 bits per heavy atom. The lowest BCUT2D eigenvalue weighted by Gasteiger charge is -2.25. The van der Waals surface area contributed by atoms with Crippen LogP contribution in [-0.4, -0.2) is 17.6 Å². The number of anilines is 2. The number of carbonyl (C=O) groups is 2. The molecule has 25 heavy (non-hydrogen) atoms. The highest BCUT2D eigenvalue weighted by Crippen LogP contribution is 2.42. The maximum absolute atomic E-state index is 13.9. The van der Waals surface area contributed by atoms with E-state index in [1.807, 2.05) is 24.3 Å². The molecule has 0 aliphatic carbocycles. The minimum Gasteiger partial charge on any atom is -0.326 e. The quantitative estimate of drug-likeness (QED) is 0.888. The highest BCUT2D eigenvalue weighted by Gasteiger charge is 2.34. The molecule has 0 unspecified atom stereocenters. The van der Waals surface area contributed by atoms with Gasteiger partial charge in [-0.3, -0.25) is 14.5 Å². The summed E-state index contributed by atoms with van der Waals surface area (Å²) < 4.78 is 13.9. The van der Waals surface area contributed by atoms with E-state index in [9.17, 15) is 14.0 Å². The van der Waals surface area contributed by atoms with Crippen LogP contribution < -0.4 is 10.2 Å². The molecule has 3 rings (SSSR count). The minimum absolute atomic E-state index is 0.0544. The number of rotatable bonds is 4. The second-order valence-electron chi connectivity index (χ2n) is 5.89. The molecule has 2 aromatic carbocycles. The monoisotopic (exact) mass is 358 g/mol. The van der Waals surface area contributed by atoms with E-state index < -0.39 is 0 Å². The van der Waals surface area contributed by atoms with Crippen molar-refractivity contribution in [2.24, 2.45) is 0 Å². The van der Waals surface area contributed by atoms with Crippen LogP contribution in [0.5, 0.6) is 0 Å². The molecule has 1 saturated heterocycles. The first-order valence-corrected chi connectivity index (χ1v) is 9.14. The maximum Gasteiger partial charge on any atom is 0.238 e. The summed E-state index contributed by atoms with van der Waals surface area (Å²) in [5.74, 6) is -0.109. The van der Waals surface area contributed by atoms with Gasteiger partial charge < -0.3 is 5.32 Å². The number of aryl methyl sites for hydroxylation is 1. The molecule has 1 aliphatic rings. The van der Waals surface area contributed by atoms with Crippen molar-refractivity contribution in [3.8, 4) is 0 Å². The summed E-state index contributed by atoms with van der Waals surface area (Å²) in [7, 11) is 0. The van der Waals surface area contributed by atoms with Crippen molar-refractivity contribution in [1.82, 2.24) is 0 Å². The Morgan fingerprint density at radius 3 is 2.84 bits per heavy atom. The van der Waals surface area contributed by atoms with E-state index >= 15 is 0 Å². The lowest BCUT2D eigenvalue weighted by atomic mass is 10.1. The van der Waals surface area contributed by atoms with Gasteiger partial charge in [0.25, 0.3) is 0 Å². The molecule has 6 heteroatoms. The number of nitrogens with one attached hydrogen (secondary N) is 1. The number of amides is 2. The number of hydrogen-bond donors (Lipinski definition) is 1. The van der Waals surface area contributed by atoms with Gasteiger partial charge in [-0.1, -0.05) is 25.1 Å². The SMILES string of the molecule is CCC(=O)Nc1cccc([C@@H]2SCC(=O)N2c2ccc(C)c(F)c2)c1. The first-order chi connectivity index (χ1) is 12.0. The van der Waals surface area contributed by atoms with Crippen molar-refractivity contribution in [2.45, 2.75) is 25.6 Å². The highest BCUT2D eigenvalue weighted by atomic mass is 32.2. The molecule has 0 bridgehead atoms. The molecule has 1 N–H and O–H groups in total. The first kappa shape index (κ1) is 17.5. The van der Waals surface area contributed by atoms with Crippen LogP contribution in [0.15, 0.2) is 42.5 Å². The fourth-order valence-corrected chi connectivity index (χ4v) is 3.87. The second-order valence-corrected chi connectivity index (χ2v) is 6.96. The molecule has 1 fully saturated rings. The van der Waals surface area contributed by atoms with E-state index in [-0.39, 0.29) is 23.0 Å². The van der Waals surface area contributed by atoms with E-state index in [1.165, 1.54) is 17.8 Å². The molecule has 0 aromatic heterocycles. The molecule has 1 heterocycles. The van der Waals surface area contributed by atoms with Crippen molar-refractivity contribution in [3.63, 3.8) is 0 Å². The topological polar surface area (TPSA) is 49.4 Å². The third-order valence-corrected chi connectivity index (χ3v) is 5.29. The van der Waals surface area contributed by atoms with Gasteiger partial charge in [-0.25, -0.2) is 4.39 Å². The summed E-state index contributed by atoms with van der Waals surface area (Å²) in [5, 5.41) is 2.58. The Kier molecular flexibility index (Phi) is 5.08. The predicted octanol–water partition coefficient (Wildman–Crippen LogP) is 4.26. The number of benzene rings is 2. The van der Waals surface area contributed by atoms with Crippen LogP contribution in [-0.2, 0) is 9.59 Å². The van der Waals surface area contributed by atoms with Crippen LogP contribution in [0.3, 0.4) is 0 Å². The summed E-state index contributed by atoms with van der Waals surface area (Å²) in [5.41, 5.74) is 2.68. The lowest BCUT2D eigenvalue weighted by Crippen LogP contribution is -2.28. The van der Waals surface area contributed by atoms with Gasteiger partial charge in [0.15, 0.2) is 0 Å². The van der Waals surface area contributed by atoms with Crippen molar-refractivity contribution in [1.29, 1.82) is 0 Å². The fourth-order valence-electron chi connectivity index (χ4n) is 2.70. The summed E-state index contributed by atoms with van der Waals surface area (Å²) >= 11 is 1.49. The second kappa shape index (κ2) is 7.27. The molecule has 2 amide bonds. The summed E-state index contributed by atoms with van der Waals surface area (Å²) in [6, 6.07) is 12.3. The molecule has 1 aliphatic heterocycles. The molecule has 130 valence electrons. The maximum atomic E-state index is 13.9. The molecule has 4 nitrogen and oxygen atoms in total. The minimum atomic E-state index is -0.329. The van der Waals surface area contributed by atoms with Gasteiger partial charge in [0.1, 0.15) is 11.2 Å². The van der Waals surface area contributed by atoms with Crippen LogP contribution in [0.25, 0.3) is 0 Å². The largest absolute Gasteiger partial charge is 0.326 e. The lowest BCUT2D eigenvalue weighted by molar-refractivity contribution is -0.116. The third-order valence-electron chi connectivity index (χ3n) is 4.08. The summed E-state index contributed by atoms with van der Waals surface area (Å²) in [6.45, 7) is 3.48. The van der Waals surface area contributed by atoms with Gasteiger partial charge in [0.05, 0.1) is 5.75 Å². The summed E-state index contributed by atoms with van der Waals surface area (Å²) in [4.78, 5) is 25.6. The van der Waals surface area contributed by atoms with Crippen LogP contribution in [0, 0.1) is 12.7 Å². The van der Waals surface area contributed by atoms with E-state index in [1.54, 1.807) is 30.9 Å². The average molecular weight is 358 g/mol. The molecular weight excluding hydrogens is 339 g/mol. The Hall–Kier alpha value is -2.34. The number of thioether (sulfide) groups is 1. The fraction of sp³-hybridized carbons (Fsp3) is 0.263. The Morgan fingerprint density at radius 2 is 2.12 bits per heavy atom. The first-order valence-electron chi connectivity index (χ1n) is 8.09. The van der Waals surface area contributed by atoms with Crippen LogP contribution in [0.2, 0.25) is 0 Å². The summed E-state index contributed by atoms with van der Waals surface area (Å²) in [6.07, 6.45) is 0.398. The number of hydrogen-bond acceptors (Lipinski definition) is 3. The van der Waals surface area contributed by atoms with Crippen molar-refractivity contribution in [3.05, 3.63) is 59.4 Å². The normalized spacial score (nSPS) is 17.0. The third kappa shape index (κ3) is 3.69. The van der Waals surface area contributed by atoms with Crippen LogP contribution in [0.4, 0.5) is 15.8 Å². The smallest absolute Gasteiger partial charge is 0.238 e. The zero-order valence-corrected chi connectivity index (χ0v) is 14.9. The molecule has 2 aromatic rings. The van der Waals surface area contributed by atoms with Crippen LogP contribution in [0.1, 0.15) is 29.8 Å². The molecular formula is C19H19FN2O2S. The molecule has 1 atom stereocenters. The van der Waals surface area contributed by atoms with Gasteiger partial charge in [0.2, 0.25) is 11.8 Å². The van der Waals surface area contributed by atoms with E-state index in [2.05, 4.69) is 5.32 Å². The van der Waals surface area contributed by atoms with Gasteiger partial charge in [-0.2, -0.15) is 0 Å². The van der Waals surface area contributed by atoms with E-state index in [0.717, 1.165) is 5.56 Å². The zero-order chi connectivity index (χ0) is 18.0. The zero-order valence-electron chi connectivity index (χ0n) is 14.1. The molecule has 0 radical (unpaired) electrons. The molecule has 0 spiro atoms. The van der Waals surface area contributed by atoms with Crippen molar-refractivity contribution >= 4 is 35.0 Å². The Balaban J connectivity index is 1.92. The Bertz CT molecular complexity index is 825. The average Bonchev–Trinajstić information content (AvgIpc) is 2.99. The Labute approximate surface area is 150 Å². The standard InChI is InChI=1S/C19H19FN2O2S/c1-3-17(23)21-14-6-4-5-13(9-14)19-22(18(24)11-25-19)15-8-7-12(2)16(20)10-15/h4-10,19H,3,11H2,1-2H3,(H,21,23)/t19-/m0/s1. The number of nitrogens with zero attached hydrogens (tertiary/aromatic N) is 1. The highest BCUT2D eigenvalue weighted by molar-refractivity contribution is 8.00. The van der Waals surface area contributed by atoms with Gasteiger partial charge in [-0.15, -0.1) is 11.8 Å². The number of carbonyl (C=O) groups excluding carboxylic acids is 2. The van der Waals surface area contributed by atoms with Crippen molar-refractivity contribution in [2.75, 3.05) is 16.0 Å². The van der Waals surface area contributed by atoms with Gasteiger partial charge >= 0.3 is 0 Å². The predicted molar refractivity (Wildman–Crippen MR) is 99.2 cm³/mol. The van der Waals surface area contributed by atoms with Gasteiger partial charge in [-0.05, 0) is 42.3 Å². The number of halogens is 1. The molecule has 0 saturated carbocycles.